The standard InChI is InChI=1S/C31H29ClF5N7O3/c1-4-25(45)43-15-24-39-19(12-41(24)14-22(43)29(33)34)13-42-11-17-9-26(46)44(23-10-18(31(35,36)37)8-16(2)38-23)27(17)30(47)40(3)21-7-5-6-20(32)28(21)42/h4-8,10,12,17,22,27,29H,1,9,11,13-15H2,2-3H3/t17-,22-,27+/m1/s1. The maximum atomic E-state index is 14.0. The highest BCUT2D eigenvalue weighted by Gasteiger charge is 2.49. The van der Waals surface area contributed by atoms with Crippen molar-refractivity contribution in [2.75, 3.05) is 28.3 Å². The van der Waals surface area contributed by atoms with E-state index in [1.807, 2.05) is 4.90 Å². The fourth-order valence-electron chi connectivity index (χ4n) is 6.62. The van der Waals surface area contributed by atoms with E-state index < -0.39 is 53.9 Å². The summed E-state index contributed by atoms with van der Waals surface area (Å²) in [5.41, 5.74) is 0.338. The summed E-state index contributed by atoms with van der Waals surface area (Å²) in [4.78, 5) is 54.0. The minimum atomic E-state index is -4.70. The Labute approximate surface area is 271 Å². The number of carbonyl (C=O) groups excluding carboxylic acids is 3. The van der Waals surface area contributed by atoms with Crippen molar-refractivity contribution < 1.29 is 36.3 Å². The Balaban J connectivity index is 1.39. The van der Waals surface area contributed by atoms with Crippen LogP contribution in [0.4, 0.5) is 39.1 Å². The van der Waals surface area contributed by atoms with Crippen molar-refractivity contribution in [1.29, 1.82) is 0 Å². The van der Waals surface area contributed by atoms with Crippen LogP contribution in [0.15, 0.2) is 49.2 Å². The Morgan fingerprint density at radius 3 is 2.60 bits per heavy atom. The predicted molar refractivity (Wildman–Crippen MR) is 162 cm³/mol. The van der Waals surface area contributed by atoms with Crippen LogP contribution in [0.5, 0.6) is 0 Å². The fraction of sp³-hybridized carbons (Fsp3) is 0.387. The number of alkyl halides is 5. The van der Waals surface area contributed by atoms with Crippen molar-refractivity contribution in [1.82, 2.24) is 19.4 Å². The molecule has 1 saturated heterocycles. The number of anilines is 3. The highest BCUT2D eigenvalue weighted by Crippen LogP contribution is 2.43. The lowest BCUT2D eigenvalue weighted by Crippen LogP contribution is -2.52. The minimum absolute atomic E-state index is 0.0302. The summed E-state index contributed by atoms with van der Waals surface area (Å²) in [6.45, 7) is 4.59. The van der Waals surface area contributed by atoms with Crippen molar-refractivity contribution in [3.05, 3.63) is 77.0 Å². The molecule has 0 radical (unpaired) electrons. The predicted octanol–water partition coefficient (Wildman–Crippen LogP) is 4.83. The molecular weight excluding hydrogens is 649 g/mol. The van der Waals surface area contributed by atoms with Gasteiger partial charge in [0.05, 0.1) is 40.7 Å². The van der Waals surface area contributed by atoms with Gasteiger partial charge in [-0.15, -0.1) is 0 Å². The van der Waals surface area contributed by atoms with Crippen LogP contribution >= 0.6 is 11.6 Å². The molecule has 0 aliphatic carbocycles. The van der Waals surface area contributed by atoms with Crippen molar-refractivity contribution in [3.63, 3.8) is 0 Å². The number of hydrogen-bond acceptors (Lipinski definition) is 6. The highest BCUT2D eigenvalue weighted by molar-refractivity contribution is 6.34. The Kier molecular flexibility index (Phi) is 8.22. The summed E-state index contributed by atoms with van der Waals surface area (Å²) in [6.07, 6.45) is -5.07. The molecule has 3 atom stereocenters. The molecule has 16 heteroatoms. The second-order valence-corrected chi connectivity index (χ2v) is 12.2. The molecule has 0 N–H and O–H groups in total. The normalized spacial score (nSPS) is 21.4. The van der Waals surface area contributed by atoms with Gasteiger partial charge in [-0.05, 0) is 37.3 Å². The fourth-order valence-corrected chi connectivity index (χ4v) is 6.91. The van der Waals surface area contributed by atoms with E-state index in [9.17, 15) is 36.3 Å². The van der Waals surface area contributed by atoms with Gasteiger partial charge in [-0.1, -0.05) is 24.2 Å². The molecule has 2 aromatic heterocycles. The number of imidazole rings is 1. The van der Waals surface area contributed by atoms with E-state index in [2.05, 4.69) is 16.5 Å². The number of likely N-dealkylation sites (N-methyl/N-ethyl adjacent to an activating group) is 1. The van der Waals surface area contributed by atoms with Gasteiger partial charge in [0.15, 0.2) is 0 Å². The molecule has 248 valence electrons. The van der Waals surface area contributed by atoms with Crippen LogP contribution in [0.2, 0.25) is 5.02 Å². The summed E-state index contributed by atoms with van der Waals surface area (Å²) in [5.74, 6) is -2.31. The molecule has 3 aliphatic heterocycles. The molecular formula is C31H29ClF5N7O3. The van der Waals surface area contributed by atoms with Crippen LogP contribution < -0.4 is 14.7 Å². The molecule has 0 unspecified atom stereocenters. The third-order valence-corrected chi connectivity index (χ3v) is 9.04. The molecule has 1 aromatic carbocycles. The van der Waals surface area contributed by atoms with Crippen molar-refractivity contribution in [2.45, 2.75) is 57.7 Å². The van der Waals surface area contributed by atoms with Crippen molar-refractivity contribution in [2.24, 2.45) is 5.92 Å². The number of hydrogen-bond donors (Lipinski definition) is 0. The summed E-state index contributed by atoms with van der Waals surface area (Å²) >= 11 is 6.70. The first-order chi connectivity index (χ1) is 22.2. The molecule has 6 rings (SSSR count). The van der Waals surface area contributed by atoms with Crippen molar-refractivity contribution >= 4 is 46.5 Å². The number of carbonyl (C=O) groups is 3. The zero-order valence-corrected chi connectivity index (χ0v) is 26.0. The average molecular weight is 678 g/mol. The third kappa shape index (κ3) is 5.81. The number of aryl methyl sites for hydroxylation is 1. The Bertz CT molecular complexity index is 1780. The van der Waals surface area contributed by atoms with Gasteiger partial charge < -0.3 is 19.3 Å². The van der Waals surface area contributed by atoms with Gasteiger partial charge in [-0.3, -0.25) is 19.3 Å². The lowest BCUT2D eigenvalue weighted by Gasteiger charge is -2.39. The number of nitrogens with zero attached hydrogens (tertiary/aromatic N) is 7. The van der Waals surface area contributed by atoms with Crippen LogP contribution in [0.25, 0.3) is 0 Å². The van der Waals surface area contributed by atoms with E-state index in [1.165, 1.54) is 18.9 Å². The lowest BCUT2D eigenvalue weighted by atomic mass is 9.95. The number of fused-ring (bicyclic) bond motifs is 3. The van der Waals surface area contributed by atoms with E-state index in [0.29, 0.717) is 27.9 Å². The highest BCUT2D eigenvalue weighted by atomic mass is 35.5. The number of benzene rings is 1. The Hall–Kier alpha value is -4.53. The SMILES string of the molecule is C=CC(=O)N1Cc2nc(CN3C[C@H]4CC(=O)N(c5cc(C(F)(F)F)cc(C)n5)[C@@H]4C(=O)N(C)c4cccc(Cl)c43)cn2C[C@@H]1C(F)F. The second kappa shape index (κ2) is 11.9. The second-order valence-electron chi connectivity index (χ2n) is 11.8. The number of aromatic nitrogens is 3. The monoisotopic (exact) mass is 677 g/mol. The molecule has 3 aliphatic rings. The number of pyridine rings is 1. The van der Waals surface area contributed by atoms with Gasteiger partial charge in [0.1, 0.15) is 23.7 Å². The largest absolute Gasteiger partial charge is 0.416 e. The summed E-state index contributed by atoms with van der Waals surface area (Å²) in [5, 5.41) is 0.293. The molecule has 0 bridgehead atoms. The van der Waals surface area contributed by atoms with E-state index in [1.54, 1.807) is 29.0 Å². The van der Waals surface area contributed by atoms with E-state index in [4.69, 9.17) is 11.6 Å². The Morgan fingerprint density at radius 1 is 1.17 bits per heavy atom. The molecule has 3 amide bonds. The lowest BCUT2D eigenvalue weighted by molar-refractivity contribution is -0.137. The van der Waals surface area contributed by atoms with E-state index in [0.717, 1.165) is 28.0 Å². The smallest absolute Gasteiger partial charge is 0.362 e. The van der Waals surface area contributed by atoms with E-state index in [-0.39, 0.29) is 44.1 Å². The molecule has 0 saturated carbocycles. The third-order valence-electron chi connectivity index (χ3n) is 8.73. The topological polar surface area (TPSA) is 94.9 Å². The van der Waals surface area contributed by atoms with Crippen LogP contribution in [0.3, 0.4) is 0 Å². The van der Waals surface area contributed by atoms with Crippen molar-refractivity contribution in [3.8, 4) is 0 Å². The van der Waals surface area contributed by atoms with Crippen LogP contribution in [0, 0.1) is 12.8 Å². The number of para-hydroxylation sites is 1. The summed E-state index contributed by atoms with van der Waals surface area (Å²) in [7, 11) is 1.49. The first-order valence-electron chi connectivity index (χ1n) is 14.6. The number of halogens is 6. The molecule has 3 aromatic rings. The molecule has 0 spiro atoms. The van der Waals surface area contributed by atoms with E-state index >= 15 is 0 Å². The number of rotatable bonds is 5. The van der Waals surface area contributed by atoms with Gasteiger partial charge in [-0.25, -0.2) is 18.7 Å². The maximum Gasteiger partial charge on any atom is 0.416 e. The van der Waals surface area contributed by atoms with Gasteiger partial charge in [-0.2, -0.15) is 13.2 Å². The molecule has 10 nitrogen and oxygen atoms in total. The zero-order valence-electron chi connectivity index (χ0n) is 25.2. The first kappa shape index (κ1) is 32.4. The maximum absolute atomic E-state index is 14.0. The first-order valence-corrected chi connectivity index (χ1v) is 15.0. The molecule has 47 heavy (non-hydrogen) atoms. The van der Waals surface area contributed by atoms with Crippen LogP contribution in [-0.2, 0) is 40.2 Å². The molecule has 5 heterocycles. The molecule has 1 fully saturated rings. The Morgan fingerprint density at radius 2 is 1.91 bits per heavy atom. The van der Waals surface area contributed by atoms with Gasteiger partial charge in [0.25, 0.3) is 6.43 Å². The zero-order chi connectivity index (χ0) is 33.9. The summed E-state index contributed by atoms with van der Waals surface area (Å²) in [6, 6.07) is 4.01. The number of amides is 3. The minimum Gasteiger partial charge on any atom is -0.362 e. The van der Waals surface area contributed by atoms with Gasteiger partial charge >= 0.3 is 6.18 Å². The van der Waals surface area contributed by atoms with Gasteiger partial charge in [0.2, 0.25) is 17.7 Å². The van der Waals surface area contributed by atoms with Crippen LogP contribution in [-0.4, -0.2) is 69.3 Å². The summed E-state index contributed by atoms with van der Waals surface area (Å²) < 4.78 is 70.5. The van der Waals surface area contributed by atoms with Gasteiger partial charge in [0, 0.05) is 44.4 Å². The van der Waals surface area contributed by atoms with Crippen LogP contribution in [0.1, 0.15) is 29.2 Å². The quantitative estimate of drug-likeness (QED) is 0.284. The average Bonchev–Trinajstić information content (AvgIpc) is 3.56.